The number of carbonyl (C=O) groups excluding carboxylic acids is 1. The molecule has 1 aromatic heterocycles. The van der Waals surface area contributed by atoms with E-state index in [1.165, 1.54) is 12.0 Å². The number of nitrogens with zero attached hydrogens (tertiary/aromatic N) is 1. The molecule has 1 unspecified atom stereocenters. The van der Waals surface area contributed by atoms with Crippen LogP contribution in [0.5, 0.6) is 0 Å². The fourth-order valence-corrected chi connectivity index (χ4v) is 3.57. The van der Waals surface area contributed by atoms with Gasteiger partial charge in [0.2, 0.25) is 0 Å². The number of rotatable bonds is 8. The summed E-state index contributed by atoms with van der Waals surface area (Å²) in [5, 5.41) is 3.30. The van der Waals surface area contributed by atoms with Crippen LogP contribution in [-0.2, 0) is 9.53 Å². The SMILES string of the molecule is CCN(CC)CCNC(C(=O)OC)c1cc(Br)c(C)s1. The maximum Gasteiger partial charge on any atom is 0.328 e. The maximum absolute atomic E-state index is 11.9. The number of thiophene rings is 1. The van der Waals surface area contributed by atoms with Crippen molar-refractivity contribution in [3.8, 4) is 0 Å². The summed E-state index contributed by atoms with van der Waals surface area (Å²) in [5.41, 5.74) is 0. The summed E-state index contributed by atoms with van der Waals surface area (Å²) in [4.78, 5) is 16.4. The highest BCUT2D eigenvalue weighted by Crippen LogP contribution is 2.31. The molecule has 1 aromatic rings. The third-order valence-electron chi connectivity index (χ3n) is 3.27. The predicted octanol–water partition coefficient (Wildman–Crippen LogP) is 2.96. The van der Waals surface area contributed by atoms with Crippen molar-refractivity contribution < 1.29 is 9.53 Å². The van der Waals surface area contributed by atoms with Crippen molar-refractivity contribution in [1.82, 2.24) is 10.2 Å². The van der Waals surface area contributed by atoms with Gasteiger partial charge in [0.1, 0.15) is 6.04 Å². The average molecular weight is 363 g/mol. The summed E-state index contributed by atoms with van der Waals surface area (Å²) in [6.07, 6.45) is 0. The Morgan fingerprint density at radius 2 is 2.15 bits per heavy atom. The van der Waals surface area contributed by atoms with Gasteiger partial charge in [-0.3, -0.25) is 5.32 Å². The second-order valence-corrected chi connectivity index (χ2v) is 6.63. The Bertz CT molecular complexity index is 413. The molecule has 1 rings (SSSR count). The Labute approximate surface area is 133 Å². The Balaban J connectivity index is 2.68. The van der Waals surface area contributed by atoms with Crippen molar-refractivity contribution in [1.29, 1.82) is 0 Å². The smallest absolute Gasteiger partial charge is 0.328 e. The van der Waals surface area contributed by atoms with Crippen molar-refractivity contribution in [3.63, 3.8) is 0 Å². The van der Waals surface area contributed by atoms with Crippen molar-refractivity contribution >= 4 is 33.2 Å². The fraction of sp³-hybridized carbons (Fsp3) is 0.643. The van der Waals surface area contributed by atoms with Crippen molar-refractivity contribution in [2.24, 2.45) is 0 Å². The first-order valence-corrected chi connectivity index (χ1v) is 8.43. The molecule has 0 aliphatic heterocycles. The highest BCUT2D eigenvalue weighted by molar-refractivity contribution is 9.10. The van der Waals surface area contributed by atoms with Crippen LogP contribution in [0.25, 0.3) is 0 Å². The van der Waals surface area contributed by atoms with Crippen LogP contribution >= 0.6 is 27.3 Å². The van der Waals surface area contributed by atoms with Crippen LogP contribution in [0.15, 0.2) is 10.5 Å². The van der Waals surface area contributed by atoms with E-state index >= 15 is 0 Å². The van der Waals surface area contributed by atoms with Crippen LogP contribution in [0.1, 0.15) is 29.6 Å². The zero-order chi connectivity index (χ0) is 15.1. The molecule has 0 aliphatic rings. The molecule has 0 bridgehead atoms. The van der Waals surface area contributed by atoms with Gasteiger partial charge in [-0.15, -0.1) is 11.3 Å². The normalized spacial score (nSPS) is 12.7. The third kappa shape index (κ3) is 4.84. The highest BCUT2D eigenvalue weighted by Gasteiger charge is 2.23. The molecule has 20 heavy (non-hydrogen) atoms. The first-order valence-electron chi connectivity index (χ1n) is 6.82. The quantitative estimate of drug-likeness (QED) is 0.721. The largest absolute Gasteiger partial charge is 0.468 e. The molecule has 1 N–H and O–H groups in total. The van der Waals surface area contributed by atoms with E-state index in [0.29, 0.717) is 0 Å². The number of hydrogen-bond donors (Lipinski definition) is 1. The minimum atomic E-state index is -0.384. The summed E-state index contributed by atoms with van der Waals surface area (Å²) < 4.78 is 5.94. The summed E-state index contributed by atoms with van der Waals surface area (Å²) >= 11 is 5.10. The molecule has 0 aromatic carbocycles. The van der Waals surface area contributed by atoms with Gasteiger partial charge in [-0.25, -0.2) is 4.79 Å². The number of carbonyl (C=O) groups is 1. The number of esters is 1. The number of likely N-dealkylation sites (N-methyl/N-ethyl adjacent to an activating group) is 1. The van der Waals surface area contributed by atoms with E-state index in [1.807, 2.05) is 13.0 Å². The molecule has 1 atom stereocenters. The molecule has 0 fully saturated rings. The van der Waals surface area contributed by atoms with E-state index in [9.17, 15) is 4.79 Å². The predicted molar refractivity (Wildman–Crippen MR) is 87.3 cm³/mol. The molecule has 0 radical (unpaired) electrons. The third-order valence-corrected chi connectivity index (χ3v) is 5.47. The molecule has 0 amide bonds. The summed E-state index contributed by atoms with van der Waals surface area (Å²) in [6, 6.07) is 1.61. The van der Waals surface area contributed by atoms with Crippen molar-refractivity contribution in [2.45, 2.75) is 26.8 Å². The van der Waals surface area contributed by atoms with E-state index in [4.69, 9.17) is 4.74 Å². The number of nitrogens with one attached hydrogen (secondary N) is 1. The Kier molecular flexibility index (Phi) is 7.72. The summed E-state index contributed by atoms with van der Waals surface area (Å²) in [5.74, 6) is -0.238. The van der Waals surface area contributed by atoms with Gasteiger partial charge in [-0.05, 0) is 42.0 Å². The first-order chi connectivity index (χ1) is 9.53. The minimum Gasteiger partial charge on any atom is -0.468 e. The molecule has 0 saturated heterocycles. The monoisotopic (exact) mass is 362 g/mol. The zero-order valence-electron chi connectivity index (χ0n) is 12.5. The lowest BCUT2D eigenvalue weighted by molar-refractivity contribution is -0.143. The second kappa shape index (κ2) is 8.77. The standard InChI is InChI=1S/C14H23BrN2O2S/c1-5-17(6-2)8-7-16-13(14(18)19-4)12-9-11(15)10(3)20-12/h9,13,16H,5-8H2,1-4H3. The Morgan fingerprint density at radius 3 is 2.60 bits per heavy atom. The molecule has 6 heteroatoms. The number of hydrogen-bond acceptors (Lipinski definition) is 5. The van der Waals surface area contributed by atoms with Crippen molar-refractivity contribution in [3.05, 3.63) is 20.3 Å². The summed E-state index contributed by atoms with van der Waals surface area (Å²) in [6.45, 7) is 10.0. The first kappa shape index (κ1) is 17.6. The van der Waals surface area contributed by atoms with Crippen LogP contribution in [0.3, 0.4) is 0 Å². The van der Waals surface area contributed by atoms with E-state index < -0.39 is 0 Å². The van der Waals surface area contributed by atoms with Crippen LogP contribution in [-0.4, -0.2) is 44.2 Å². The van der Waals surface area contributed by atoms with Crippen molar-refractivity contribution in [2.75, 3.05) is 33.3 Å². The number of halogens is 1. The molecule has 114 valence electrons. The molecular formula is C14H23BrN2O2S. The van der Waals surface area contributed by atoms with Crippen LogP contribution in [0.4, 0.5) is 0 Å². The Hall–Kier alpha value is -0.430. The number of aryl methyl sites for hydroxylation is 1. The van der Waals surface area contributed by atoms with E-state index in [-0.39, 0.29) is 12.0 Å². The second-order valence-electron chi connectivity index (χ2n) is 4.49. The van der Waals surface area contributed by atoms with E-state index in [1.54, 1.807) is 11.3 Å². The summed E-state index contributed by atoms with van der Waals surface area (Å²) in [7, 11) is 1.43. The van der Waals surface area contributed by atoms with Gasteiger partial charge in [-0.2, -0.15) is 0 Å². The molecular weight excluding hydrogens is 340 g/mol. The number of ether oxygens (including phenoxy) is 1. The lowest BCUT2D eigenvalue weighted by Crippen LogP contribution is -2.36. The fourth-order valence-electron chi connectivity index (χ4n) is 1.95. The van der Waals surface area contributed by atoms with Gasteiger partial charge >= 0.3 is 5.97 Å². The number of methoxy groups -OCH3 is 1. The van der Waals surface area contributed by atoms with Crippen LogP contribution in [0.2, 0.25) is 0 Å². The van der Waals surface area contributed by atoms with E-state index in [2.05, 4.69) is 40.0 Å². The highest BCUT2D eigenvalue weighted by atomic mass is 79.9. The molecule has 0 saturated carbocycles. The molecule has 0 spiro atoms. The van der Waals surface area contributed by atoms with Crippen LogP contribution < -0.4 is 5.32 Å². The van der Waals surface area contributed by atoms with Crippen LogP contribution in [0, 0.1) is 6.92 Å². The molecule has 1 heterocycles. The average Bonchev–Trinajstić information content (AvgIpc) is 2.78. The van der Waals surface area contributed by atoms with Gasteiger partial charge < -0.3 is 9.64 Å². The molecule has 4 nitrogen and oxygen atoms in total. The lowest BCUT2D eigenvalue weighted by atomic mass is 10.2. The zero-order valence-corrected chi connectivity index (χ0v) is 14.9. The minimum absolute atomic E-state index is 0.238. The van der Waals surface area contributed by atoms with Gasteiger partial charge in [-0.1, -0.05) is 13.8 Å². The van der Waals surface area contributed by atoms with Gasteiger partial charge in [0.15, 0.2) is 0 Å². The topological polar surface area (TPSA) is 41.6 Å². The van der Waals surface area contributed by atoms with Gasteiger partial charge in [0.05, 0.1) is 7.11 Å². The molecule has 0 aliphatic carbocycles. The maximum atomic E-state index is 11.9. The lowest BCUT2D eigenvalue weighted by Gasteiger charge is -2.20. The Morgan fingerprint density at radius 1 is 1.50 bits per heavy atom. The van der Waals surface area contributed by atoms with Gasteiger partial charge in [0, 0.05) is 27.3 Å². The van der Waals surface area contributed by atoms with Gasteiger partial charge in [0.25, 0.3) is 0 Å². The van der Waals surface area contributed by atoms with E-state index in [0.717, 1.165) is 35.5 Å².